The van der Waals surface area contributed by atoms with Crippen LogP contribution in [-0.4, -0.2) is 44.4 Å². The number of hydrogen-bond acceptors (Lipinski definition) is 9. The third-order valence-electron chi connectivity index (χ3n) is 4.93. The fraction of sp³-hybridized carbons (Fsp3) is 0.200. The van der Waals surface area contributed by atoms with Gasteiger partial charge in [-0.25, -0.2) is 9.97 Å². The summed E-state index contributed by atoms with van der Waals surface area (Å²) in [5.41, 5.74) is 7.87. The fourth-order valence-corrected chi connectivity index (χ4v) is 4.08. The average Bonchev–Trinajstić information content (AvgIpc) is 3.40. The van der Waals surface area contributed by atoms with Crippen molar-refractivity contribution in [2.45, 2.75) is 12.5 Å². The van der Waals surface area contributed by atoms with Crippen LogP contribution in [0.3, 0.4) is 0 Å². The van der Waals surface area contributed by atoms with Crippen molar-refractivity contribution in [1.82, 2.24) is 25.5 Å². The Morgan fingerprint density at radius 1 is 1.14 bits per heavy atom. The second kappa shape index (κ2) is 7.26. The summed E-state index contributed by atoms with van der Waals surface area (Å²) in [5, 5.41) is 27.4. The van der Waals surface area contributed by atoms with Crippen LogP contribution in [0.5, 0.6) is 5.75 Å². The number of rotatable bonds is 4. The SMILES string of the molecule is Nc1nnc(-c2ccc(O)c(-c3nc(N[C@H]4CCNC4)c4ccccc4n3)c2)s1. The summed E-state index contributed by atoms with van der Waals surface area (Å²) in [6, 6.07) is 13.4. The van der Waals surface area contributed by atoms with E-state index in [1.165, 1.54) is 11.3 Å². The summed E-state index contributed by atoms with van der Waals surface area (Å²) in [7, 11) is 0. The molecule has 5 rings (SSSR count). The average molecular weight is 405 g/mol. The van der Waals surface area contributed by atoms with Gasteiger partial charge in [0, 0.05) is 23.5 Å². The molecule has 1 atom stereocenters. The van der Waals surface area contributed by atoms with E-state index in [2.05, 4.69) is 20.8 Å². The number of nitrogens with two attached hydrogens (primary N) is 1. The molecule has 1 fully saturated rings. The molecule has 1 aliphatic rings. The number of aromatic hydroxyl groups is 1. The second-order valence-electron chi connectivity index (χ2n) is 6.92. The molecule has 8 nitrogen and oxygen atoms in total. The Hall–Kier alpha value is -3.30. The lowest BCUT2D eigenvalue weighted by Gasteiger charge is -2.15. The smallest absolute Gasteiger partial charge is 0.203 e. The number of anilines is 2. The first-order chi connectivity index (χ1) is 14.2. The number of aromatic nitrogens is 4. The Morgan fingerprint density at radius 2 is 2.03 bits per heavy atom. The summed E-state index contributed by atoms with van der Waals surface area (Å²) in [5.74, 6) is 1.33. The quantitative estimate of drug-likeness (QED) is 0.409. The molecule has 0 radical (unpaired) electrons. The highest BCUT2D eigenvalue weighted by Crippen LogP contribution is 2.35. The maximum atomic E-state index is 10.5. The number of fused-ring (bicyclic) bond motifs is 1. The van der Waals surface area contributed by atoms with Gasteiger partial charge in [0.2, 0.25) is 5.13 Å². The van der Waals surface area contributed by atoms with Gasteiger partial charge in [-0.3, -0.25) is 0 Å². The Bertz CT molecular complexity index is 1190. The van der Waals surface area contributed by atoms with Crippen LogP contribution in [0.2, 0.25) is 0 Å². The molecule has 1 saturated heterocycles. The van der Waals surface area contributed by atoms with Gasteiger partial charge in [0.05, 0.1) is 11.1 Å². The highest BCUT2D eigenvalue weighted by atomic mass is 32.1. The van der Waals surface area contributed by atoms with Gasteiger partial charge in [-0.05, 0) is 43.3 Å². The maximum Gasteiger partial charge on any atom is 0.203 e. The number of nitrogens with zero attached hydrogens (tertiary/aromatic N) is 4. The van der Waals surface area contributed by atoms with Gasteiger partial charge in [0.1, 0.15) is 16.6 Å². The highest BCUT2D eigenvalue weighted by molar-refractivity contribution is 7.18. The van der Waals surface area contributed by atoms with Crippen molar-refractivity contribution in [3.8, 4) is 27.7 Å². The first kappa shape index (κ1) is 17.8. The van der Waals surface area contributed by atoms with Crippen molar-refractivity contribution < 1.29 is 5.11 Å². The molecule has 0 aliphatic carbocycles. The van der Waals surface area contributed by atoms with E-state index in [0.29, 0.717) is 27.6 Å². The largest absolute Gasteiger partial charge is 0.507 e. The Morgan fingerprint density at radius 3 is 2.83 bits per heavy atom. The summed E-state index contributed by atoms with van der Waals surface area (Å²) in [4.78, 5) is 9.47. The van der Waals surface area contributed by atoms with Gasteiger partial charge >= 0.3 is 0 Å². The Kier molecular flexibility index (Phi) is 4.45. The van der Waals surface area contributed by atoms with Gasteiger partial charge in [0.25, 0.3) is 0 Å². The van der Waals surface area contributed by atoms with Crippen molar-refractivity contribution in [2.75, 3.05) is 24.1 Å². The van der Waals surface area contributed by atoms with Crippen LogP contribution < -0.4 is 16.4 Å². The molecule has 0 bridgehead atoms. The van der Waals surface area contributed by atoms with Gasteiger partial charge in [-0.2, -0.15) is 0 Å². The number of hydrogen-bond donors (Lipinski definition) is 4. The molecule has 9 heteroatoms. The van der Waals surface area contributed by atoms with Crippen LogP contribution >= 0.6 is 11.3 Å². The molecule has 2 aromatic carbocycles. The standard InChI is InChI=1S/C20H19N7OS/c21-20-27-26-19(29-20)11-5-6-16(28)14(9-11)18-24-15-4-2-1-3-13(15)17(25-18)23-12-7-8-22-10-12/h1-6,9,12,22,28H,7-8,10H2,(H2,21,27)(H,23,24,25)/t12-/m0/s1. The van der Waals surface area contributed by atoms with Crippen LogP contribution in [0.1, 0.15) is 6.42 Å². The predicted molar refractivity (Wildman–Crippen MR) is 115 cm³/mol. The van der Waals surface area contributed by atoms with Gasteiger partial charge in [-0.1, -0.05) is 23.5 Å². The lowest BCUT2D eigenvalue weighted by molar-refractivity contribution is 0.477. The zero-order valence-electron chi connectivity index (χ0n) is 15.5. The molecule has 4 aromatic rings. The van der Waals surface area contributed by atoms with Gasteiger partial charge in [-0.15, -0.1) is 10.2 Å². The van der Waals surface area contributed by atoms with Crippen molar-refractivity contribution in [3.05, 3.63) is 42.5 Å². The van der Waals surface area contributed by atoms with E-state index in [1.54, 1.807) is 12.1 Å². The van der Waals surface area contributed by atoms with E-state index < -0.39 is 0 Å². The number of phenols is 1. The minimum Gasteiger partial charge on any atom is -0.507 e. The Balaban J connectivity index is 1.63. The summed E-state index contributed by atoms with van der Waals surface area (Å²) in [6.45, 7) is 1.88. The topological polar surface area (TPSA) is 122 Å². The molecule has 0 amide bonds. The predicted octanol–water partition coefficient (Wildman–Crippen LogP) is 2.88. The molecule has 0 spiro atoms. The van der Waals surface area contributed by atoms with Crippen molar-refractivity contribution in [1.29, 1.82) is 0 Å². The number of nitrogens with one attached hydrogen (secondary N) is 2. The van der Waals surface area contributed by atoms with E-state index >= 15 is 0 Å². The number of para-hydroxylation sites is 1. The van der Waals surface area contributed by atoms with E-state index in [-0.39, 0.29) is 5.75 Å². The minimum atomic E-state index is 0.106. The lowest BCUT2D eigenvalue weighted by Crippen LogP contribution is -2.23. The highest BCUT2D eigenvalue weighted by Gasteiger charge is 2.19. The summed E-state index contributed by atoms with van der Waals surface area (Å²) < 4.78 is 0. The molecule has 2 aromatic heterocycles. The summed E-state index contributed by atoms with van der Waals surface area (Å²) in [6.07, 6.45) is 1.03. The van der Waals surface area contributed by atoms with E-state index in [9.17, 15) is 5.11 Å². The van der Waals surface area contributed by atoms with Crippen LogP contribution in [0.25, 0.3) is 32.9 Å². The fourth-order valence-electron chi connectivity index (χ4n) is 3.48. The Labute approximate surface area is 170 Å². The molecule has 146 valence electrons. The van der Waals surface area contributed by atoms with Crippen molar-refractivity contribution in [3.63, 3.8) is 0 Å². The molecule has 3 heterocycles. The van der Waals surface area contributed by atoms with Crippen LogP contribution in [0.4, 0.5) is 10.9 Å². The number of phenolic OH excluding ortho intramolecular Hbond substituents is 1. The zero-order chi connectivity index (χ0) is 19.8. The molecule has 29 heavy (non-hydrogen) atoms. The number of benzene rings is 2. The first-order valence-corrected chi connectivity index (χ1v) is 10.2. The molecule has 0 unspecified atom stereocenters. The van der Waals surface area contributed by atoms with Gasteiger partial charge < -0.3 is 21.5 Å². The lowest BCUT2D eigenvalue weighted by atomic mass is 10.1. The third-order valence-corrected chi connectivity index (χ3v) is 5.73. The van der Waals surface area contributed by atoms with Crippen LogP contribution in [-0.2, 0) is 0 Å². The molecule has 0 saturated carbocycles. The number of nitrogen functional groups attached to an aromatic ring is 1. The minimum absolute atomic E-state index is 0.106. The van der Waals surface area contributed by atoms with Crippen molar-refractivity contribution in [2.24, 2.45) is 0 Å². The monoisotopic (exact) mass is 405 g/mol. The molecular formula is C20H19N7OS. The van der Waals surface area contributed by atoms with Gasteiger partial charge in [0.15, 0.2) is 5.82 Å². The first-order valence-electron chi connectivity index (χ1n) is 9.34. The second-order valence-corrected chi connectivity index (χ2v) is 7.93. The molecular weight excluding hydrogens is 386 g/mol. The van der Waals surface area contributed by atoms with Crippen LogP contribution in [0, 0.1) is 0 Å². The normalized spacial score (nSPS) is 16.3. The van der Waals surface area contributed by atoms with Crippen molar-refractivity contribution >= 4 is 33.2 Å². The molecule has 5 N–H and O–H groups in total. The van der Waals surface area contributed by atoms with E-state index in [4.69, 9.17) is 15.7 Å². The van der Waals surface area contributed by atoms with Crippen LogP contribution in [0.15, 0.2) is 42.5 Å². The van der Waals surface area contributed by atoms with E-state index in [1.807, 2.05) is 30.3 Å². The summed E-state index contributed by atoms with van der Waals surface area (Å²) >= 11 is 1.29. The third kappa shape index (κ3) is 3.45. The maximum absolute atomic E-state index is 10.5. The van der Waals surface area contributed by atoms with E-state index in [0.717, 1.165) is 41.8 Å². The zero-order valence-corrected chi connectivity index (χ0v) is 16.3. The molecule has 1 aliphatic heterocycles.